The molecule has 3 aromatic carbocycles. The molecular weight excluding hydrogens is 562 g/mol. The number of fused-ring (bicyclic) bond motifs is 1. The zero-order valence-electron chi connectivity index (χ0n) is 27.2. The maximum absolute atomic E-state index is 14.3. The third-order valence-electron chi connectivity index (χ3n) is 8.50. The lowest BCUT2D eigenvalue weighted by molar-refractivity contribution is -0.127. The number of likely N-dealkylation sites (N-methyl/N-ethyl adjacent to an activating group) is 2. The highest BCUT2D eigenvalue weighted by molar-refractivity contribution is 6.03. The van der Waals surface area contributed by atoms with Gasteiger partial charge in [0.15, 0.2) is 0 Å². The molecule has 1 aromatic heterocycles. The Morgan fingerprint density at radius 2 is 1.56 bits per heavy atom. The number of amides is 2. The molecule has 45 heavy (non-hydrogen) atoms. The molecule has 2 heterocycles. The normalized spacial score (nSPS) is 14.1. The molecule has 4 aromatic rings. The van der Waals surface area contributed by atoms with E-state index in [1.165, 1.54) is 0 Å². The van der Waals surface area contributed by atoms with Crippen LogP contribution in [0, 0.1) is 0 Å². The average molecular weight is 610 g/mol. The van der Waals surface area contributed by atoms with E-state index in [-0.39, 0.29) is 17.7 Å². The van der Waals surface area contributed by atoms with E-state index in [9.17, 15) is 9.59 Å². The van der Waals surface area contributed by atoms with Gasteiger partial charge in [-0.1, -0.05) is 60.7 Å². The van der Waals surface area contributed by atoms with E-state index >= 15 is 0 Å². The van der Waals surface area contributed by atoms with Gasteiger partial charge >= 0.3 is 0 Å². The first kappa shape index (κ1) is 32.3. The van der Waals surface area contributed by atoms with Crippen LogP contribution < -0.4 is 10.1 Å². The molecular formula is C37H47N5O3. The number of nitrogens with one attached hydrogen (secondary N) is 1. The van der Waals surface area contributed by atoms with Gasteiger partial charge in [0, 0.05) is 68.1 Å². The number of hydrogen-bond donors (Lipinski definition) is 1. The van der Waals surface area contributed by atoms with Gasteiger partial charge in [-0.05, 0) is 70.4 Å². The minimum Gasteiger partial charge on any atom is -0.492 e. The second-order valence-corrected chi connectivity index (χ2v) is 12.4. The van der Waals surface area contributed by atoms with E-state index < -0.39 is 0 Å². The van der Waals surface area contributed by atoms with Gasteiger partial charge in [0.05, 0.1) is 0 Å². The molecule has 1 atom stereocenters. The predicted octanol–water partition coefficient (Wildman–Crippen LogP) is 5.07. The SMILES string of the molecule is CN(C)CCOc1ccc(C(c2ccccc2)c2c(C(=O)NCCCN3CCCC3=O)n(CCN(C)C)c3ccccc23)cc1. The summed E-state index contributed by atoms with van der Waals surface area (Å²) in [6.07, 6.45) is 2.28. The number of hydrogen-bond acceptors (Lipinski definition) is 5. The van der Waals surface area contributed by atoms with E-state index in [0.29, 0.717) is 38.4 Å². The van der Waals surface area contributed by atoms with E-state index in [1.807, 2.05) is 43.3 Å². The third kappa shape index (κ3) is 7.93. The van der Waals surface area contributed by atoms with Crippen LogP contribution in [0.5, 0.6) is 5.75 Å². The van der Waals surface area contributed by atoms with Crippen molar-refractivity contribution in [3.63, 3.8) is 0 Å². The minimum absolute atomic E-state index is 0.0859. The summed E-state index contributed by atoms with van der Waals surface area (Å²) in [6.45, 7) is 4.92. The monoisotopic (exact) mass is 609 g/mol. The Morgan fingerprint density at radius 3 is 2.24 bits per heavy atom. The molecule has 5 rings (SSSR count). The first-order valence-corrected chi connectivity index (χ1v) is 16.1. The fraction of sp³-hybridized carbons (Fsp3) is 0.405. The molecule has 0 aliphatic carbocycles. The Labute approximate surface area is 267 Å². The Kier molecular flexibility index (Phi) is 10.9. The first-order chi connectivity index (χ1) is 21.8. The summed E-state index contributed by atoms with van der Waals surface area (Å²) in [5.41, 5.74) is 4.96. The highest BCUT2D eigenvalue weighted by atomic mass is 16.5. The Balaban J connectivity index is 1.55. The molecule has 1 unspecified atom stereocenters. The maximum atomic E-state index is 14.3. The maximum Gasteiger partial charge on any atom is 0.268 e. The van der Waals surface area contributed by atoms with E-state index in [4.69, 9.17) is 4.74 Å². The molecule has 238 valence electrons. The summed E-state index contributed by atoms with van der Waals surface area (Å²) in [4.78, 5) is 32.6. The molecule has 8 nitrogen and oxygen atoms in total. The molecule has 1 N–H and O–H groups in total. The van der Waals surface area contributed by atoms with Crippen LogP contribution in [0.25, 0.3) is 10.9 Å². The number of para-hydroxylation sites is 1. The molecule has 0 saturated carbocycles. The highest BCUT2D eigenvalue weighted by Crippen LogP contribution is 2.40. The number of benzene rings is 3. The van der Waals surface area contributed by atoms with E-state index in [0.717, 1.165) is 65.8 Å². The first-order valence-electron chi connectivity index (χ1n) is 16.1. The van der Waals surface area contributed by atoms with Gasteiger partial charge in [-0.3, -0.25) is 9.59 Å². The lowest BCUT2D eigenvalue weighted by atomic mass is 9.83. The van der Waals surface area contributed by atoms with Crippen molar-refractivity contribution in [2.45, 2.75) is 31.7 Å². The second-order valence-electron chi connectivity index (χ2n) is 12.4. The van der Waals surface area contributed by atoms with E-state index in [1.54, 1.807) is 0 Å². The van der Waals surface area contributed by atoms with Crippen molar-refractivity contribution >= 4 is 22.7 Å². The molecule has 1 saturated heterocycles. The van der Waals surface area contributed by atoms with Gasteiger partial charge in [0.1, 0.15) is 18.1 Å². The Morgan fingerprint density at radius 1 is 0.867 bits per heavy atom. The summed E-state index contributed by atoms with van der Waals surface area (Å²) in [6, 6.07) is 27.1. The van der Waals surface area contributed by atoms with Crippen LogP contribution in [-0.2, 0) is 11.3 Å². The number of carbonyl (C=O) groups excluding carboxylic acids is 2. The molecule has 8 heteroatoms. The third-order valence-corrected chi connectivity index (χ3v) is 8.50. The Bertz CT molecular complexity index is 1560. The zero-order valence-corrected chi connectivity index (χ0v) is 27.2. The minimum atomic E-state index is -0.171. The lowest BCUT2D eigenvalue weighted by Gasteiger charge is -2.22. The van der Waals surface area contributed by atoms with Crippen molar-refractivity contribution in [2.24, 2.45) is 0 Å². The summed E-state index contributed by atoms with van der Waals surface area (Å²) < 4.78 is 8.21. The molecule has 1 aliphatic rings. The van der Waals surface area contributed by atoms with Crippen molar-refractivity contribution in [2.75, 3.05) is 67.5 Å². The van der Waals surface area contributed by atoms with Gasteiger partial charge in [-0.15, -0.1) is 0 Å². The topological polar surface area (TPSA) is 70.0 Å². The van der Waals surface area contributed by atoms with Crippen molar-refractivity contribution in [1.82, 2.24) is 24.6 Å². The number of ether oxygens (including phenoxy) is 1. The van der Waals surface area contributed by atoms with Crippen molar-refractivity contribution in [3.8, 4) is 5.75 Å². The lowest BCUT2D eigenvalue weighted by Crippen LogP contribution is -2.32. The van der Waals surface area contributed by atoms with Gasteiger partial charge in [-0.25, -0.2) is 0 Å². The fourth-order valence-corrected chi connectivity index (χ4v) is 6.17. The smallest absolute Gasteiger partial charge is 0.268 e. The van der Waals surface area contributed by atoms with E-state index in [2.05, 4.69) is 88.4 Å². The highest BCUT2D eigenvalue weighted by Gasteiger charge is 2.30. The standard InChI is InChI=1S/C37H47N5O3/c1-39(2)24-25-42-32-15-9-8-14-31(32)35(36(42)37(44)38-21-11-23-41-22-10-16-33(41)43)34(28-12-6-5-7-13-28)29-17-19-30(20-18-29)45-27-26-40(3)4/h5-9,12-15,17-20,34H,10-11,16,21-27H2,1-4H3,(H,38,44). The van der Waals surface area contributed by atoms with Crippen molar-refractivity contribution in [1.29, 1.82) is 0 Å². The largest absolute Gasteiger partial charge is 0.492 e. The summed E-state index contributed by atoms with van der Waals surface area (Å²) in [5, 5.41) is 4.30. The second kappa shape index (κ2) is 15.2. The van der Waals surface area contributed by atoms with Gasteiger partial charge in [-0.2, -0.15) is 0 Å². The zero-order chi connectivity index (χ0) is 31.8. The van der Waals surface area contributed by atoms with Crippen LogP contribution in [0.1, 0.15) is 52.4 Å². The number of aromatic nitrogens is 1. The summed E-state index contributed by atoms with van der Waals surface area (Å²) in [7, 11) is 8.18. The molecule has 0 bridgehead atoms. The fourth-order valence-electron chi connectivity index (χ4n) is 6.17. The van der Waals surface area contributed by atoms with Crippen LogP contribution in [0.3, 0.4) is 0 Å². The quantitative estimate of drug-likeness (QED) is 0.191. The number of rotatable bonds is 15. The van der Waals surface area contributed by atoms with Gasteiger partial charge in [0.2, 0.25) is 5.91 Å². The van der Waals surface area contributed by atoms with Crippen LogP contribution in [-0.4, -0.2) is 98.6 Å². The van der Waals surface area contributed by atoms with Gasteiger partial charge in [0.25, 0.3) is 5.91 Å². The molecule has 0 radical (unpaired) electrons. The predicted molar refractivity (Wildman–Crippen MR) is 181 cm³/mol. The van der Waals surface area contributed by atoms with Crippen molar-refractivity contribution < 1.29 is 14.3 Å². The van der Waals surface area contributed by atoms with Crippen LogP contribution in [0.15, 0.2) is 78.9 Å². The number of likely N-dealkylation sites (tertiary alicyclic amines) is 1. The Hall–Kier alpha value is -4.14. The summed E-state index contributed by atoms with van der Waals surface area (Å²) >= 11 is 0. The molecule has 1 fully saturated rings. The number of carbonyl (C=O) groups is 2. The molecule has 2 amide bonds. The molecule has 0 spiro atoms. The van der Waals surface area contributed by atoms with Crippen molar-refractivity contribution in [3.05, 3.63) is 101 Å². The van der Waals surface area contributed by atoms with Crippen LogP contribution >= 0.6 is 0 Å². The summed E-state index contributed by atoms with van der Waals surface area (Å²) in [5.74, 6) is 0.787. The number of nitrogens with zero attached hydrogens (tertiary/aromatic N) is 4. The van der Waals surface area contributed by atoms with Crippen LogP contribution in [0.2, 0.25) is 0 Å². The van der Waals surface area contributed by atoms with Crippen LogP contribution in [0.4, 0.5) is 0 Å². The molecule has 1 aliphatic heterocycles. The van der Waals surface area contributed by atoms with Gasteiger partial charge < -0.3 is 29.3 Å². The average Bonchev–Trinajstić information content (AvgIpc) is 3.59.